The zero-order valence-electron chi connectivity index (χ0n) is 17.2. The van der Waals surface area contributed by atoms with Crippen LogP contribution in [0.25, 0.3) is 0 Å². The molecular weight excluding hydrogens is 386 g/mol. The number of likely N-dealkylation sites (N-methyl/N-ethyl adjacent to an activating group) is 1. The van der Waals surface area contributed by atoms with Gasteiger partial charge in [0.05, 0.1) is 7.11 Å². The average molecular weight is 413 g/mol. The Morgan fingerprint density at radius 1 is 1.07 bits per heavy atom. The van der Waals surface area contributed by atoms with Gasteiger partial charge in [-0.15, -0.1) is 0 Å². The summed E-state index contributed by atoms with van der Waals surface area (Å²) in [6.45, 7) is 0.382. The number of hydrogen-bond donors (Lipinski definition) is 2. The summed E-state index contributed by atoms with van der Waals surface area (Å²) in [5.74, 6) is -0.223. The predicted octanol–water partition coefficient (Wildman–Crippen LogP) is 2.21. The van der Waals surface area contributed by atoms with E-state index < -0.39 is 18.0 Å². The van der Waals surface area contributed by atoms with E-state index in [4.69, 9.17) is 15.2 Å². The molecule has 0 aromatic heterocycles. The van der Waals surface area contributed by atoms with Gasteiger partial charge in [0.1, 0.15) is 18.4 Å². The van der Waals surface area contributed by atoms with Crippen molar-refractivity contribution in [3.8, 4) is 5.75 Å². The van der Waals surface area contributed by atoms with Gasteiger partial charge in [-0.1, -0.05) is 42.5 Å². The van der Waals surface area contributed by atoms with Gasteiger partial charge >= 0.3 is 6.09 Å². The molecular formula is C22H27N3O5. The van der Waals surface area contributed by atoms with E-state index >= 15 is 0 Å². The van der Waals surface area contributed by atoms with Gasteiger partial charge in [-0.25, -0.2) is 4.79 Å². The first-order valence-corrected chi connectivity index (χ1v) is 9.52. The number of alkyl carbamates (subject to hydrolysis) is 1. The van der Waals surface area contributed by atoms with E-state index in [-0.39, 0.29) is 25.4 Å². The fourth-order valence-corrected chi connectivity index (χ4v) is 2.84. The molecule has 8 heteroatoms. The number of hydrogen-bond acceptors (Lipinski definition) is 5. The second kappa shape index (κ2) is 11.5. The lowest BCUT2D eigenvalue weighted by Gasteiger charge is -2.24. The Morgan fingerprint density at radius 2 is 1.77 bits per heavy atom. The summed E-state index contributed by atoms with van der Waals surface area (Å²) < 4.78 is 10.4. The first kappa shape index (κ1) is 22.7. The highest BCUT2D eigenvalue weighted by Gasteiger charge is 2.25. The fourth-order valence-electron chi connectivity index (χ4n) is 2.84. The van der Waals surface area contributed by atoms with Crippen molar-refractivity contribution in [3.05, 3.63) is 65.7 Å². The fraction of sp³-hybridized carbons (Fsp3) is 0.318. The number of nitrogens with two attached hydrogens (primary N) is 1. The number of methoxy groups -OCH3 is 1. The molecule has 0 aliphatic heterocycles. The first-order valence-electron chi connectivity index (χ1n) is 9.52. The SMILES string of the molecule is COc1cccc(CN(C)C(=O)[C@@H](CCC(N)=O)NC(=O)OCc2ccccc2)c1. The van der Waals surface area contributed by atoms with Crippen molar-refractivity contribution in [1.82, 2.24) is 10.2 Å². The van der Waals surface area contributed by atoms with Crippen LogP contribution in [0.2, 0.25) is 0 Å². The van der Waals surface area contributed by atoms with Crippen LogP contribution in [0.3, 0.4) is 0 Å². The molecule has 0 aliphatic rings. The largest absolute Gasteiger partial charge is 0.497 e. The molecule has 0 radical (unpaired) electrons. The molecule has 2 rings (SSSR count). The van der Waals surface area contributed by atoms with Crippen LogP contribution in [0.15, 0.2) is 54.6 Å². The summed E-state index contributed by atoms with van der Waals surface area (Å²) in [5.41, 5.74) is 6.90. The van der Waals surface area contributed by atoms with E-state index in [0.29, 0.717) is 12.3 Å². The van der Waals surface area contributed by atoms with Crippen LogP contribution < -0.4 is 15.8 Å². The maximum atomic E-state index is 12.9. The summed E-state index contributed by atoms with van der Waals surface area (Å²) in [7, 11) is 3.19. The highest BCUT2D eigenvalue weighted by Crippen LogP contribution is 2.15. The Hall–Kier alpha value is -3.55. The van der Waals surface area contributed by atoms with E-state index in [0.717, 1.165) is 11.1 Å². The molecule has 0 saturated carbocycles. The minimum Gasteiger partial charge on any atom is -0.497 e. The molecule has 8 nitrogen and oxygen atoms in total. The van der Waals surface area contributed by atoms with E-state index in [1.807, 2.05) is 54.6 Å². The molecule has 0 heterocycles. The van der Waals surface area contributed by atoms with Gasteiger partial charge in [-0.05, 0) is 29.7 Å². The molecule has 0 saturated heterocycles. The van der Waals surface area contributed by atoms with Crippen LogP contribution in [0, 0.1) is 0 Å². The molecule has 0 fully saturated rings. The zero-order chi connectivity index (χ0) is 21.9. The average Bonchev–Trinajstić information content (AvgIpc) is 2.75. The number of primary amides is 1. The zero-order valence-corrected chi connectivity index (χ0v) is 17.2. The number of carbonyl (C=O) groups excluding carboxylic acids is 3. The summed E-state index contributed by atoms with van der Waals surface area (Å²) in [4.78, 5) is 37.8. The number of carbonyl (C=O) groups is 3. The molecule has 160 valence electrons. The van der Waals surface area contributed by atoms with E-state index in [1.165, 1.54) is 4.90 Å². The smallest absolute Gasteiger partial charge is 0.408 e. The third-order valence-electron chi connectivity index (χ3n) is 4.41. The quantitative estimate of drug-likeness (QED) is 0.620. The molecule has 0 aliphatic carbocycles. The Morgan fingerprint density at radius 3 is 2.43 bits per heavy atom. The predicted molar refractivity (Wildman–Crippen MR) is 111 cm³/mol. The van der Waals surface area contributed by atoms with Crippen LogP contribution in [0.4, 0.5) is 4.79 Å². The van der Waals surface area contributed by atoms with Crippen molar-refractivity contribution in [2.75, 3.05) is 14.2 Å². The summed E-state index contributed by atoms with van der Waals surface area (Å²) >= 11 is 0. The molecule has 1 atom stereocenters. The number of ether oxygens (including phenoxy) is 2. The topological polar surface area (TPSA) is 111 Å². The van der Waals surface area contributed by atoms with Gasteiger partial charge in [-0.3, -0.25) is 9.59 Å². The molecule has 2 aromatic rings. The molecule has 0 bridgehead atoms. The van der Waals surface area contributed by atoms with E-state index in [2.05, 4.69) is 5.32 Å². The monoisotopic (exact) mass is 413 g/mol. The molecule has 30 heavy (non-hydrogen) atoms. The van der Waals surface area contributed by atoms with Crippen molar-refractivity contribution in [2.45, 2.75) is 32.0 Å². The van der Waals surface area contributed by atoms with Gasteiger partial charge < -0.3 is 25.4 Å². The van der Waals surface area contributed by atoms with Gasteiger partial charge in [0, 0.05) is 20.0 Å². The Labute approximate surface area is 175 Å². The van der Waals surface area contributed by atoms with E-state index in [9.17, 15) is 14.4 Å². The number of nitrogens with one attached hydrogen (secondary N) is 1. The maximum absolute atomic E-state index is 12.9. The van der Waals surface area contributed by atoms with Crippen molar-refractivity contribution in [2.24, 2.45) is 5.73 Å². The standard InChI is InChI=1S/C22H27N3O5/c1-25(14-17-9-6-10-18(13-17)29-2)21(27)19(11-12-20(23)26)24-22(28)30-15-16-7-4-3-5-8-16/h3-10,13,19H,11-12,14-15H2,1-2H3,(H2,23,26)(H,24,28)/t19-/m1/s1. The first-order chi connectivity index (χ1) is 14.4. The number of nitrogens with zero attached hydrogens (tertiary/aromatic N) is 1. The second-order valence-electron chi connectivity index (χ2n) is 6.81. The Kier molecular flexibility index (Phi) is 8.68. The van der Waals surface area contributed by atoms with E-state index in [1.54, 1.807) is 14.2 Å². The molecule has 2 aromatic carbocycles. The van der Waals surface area contributed by atoms with Crippen molar-refractivity contribution < 1.29 is 23.9 Å². The van der Waals surface area contributed by atoms with Crippen LogP contribution in [0.5, 0.6) is 5.75 Å². The summed E-state index contributed by atoms with van der Waals surface area (Å²) in [6.07, 6.45) is -0.698. The normalized spacial score (nSPS) is 11.3. The minimum absolute atomic E-state index is 0.0393. The van der Waals surface area contributed by atoms with Gasteiger partial charge in [-0.2, -0.15) is 0 Å². The van der Waals surface area contributed by atoms with Crippen LogP contribution in [0.1, 0.15) is 24.0 Å². The second-order valence-corrected chi connectivity index (χ2v) is 6.81. The lowest BCUT2D eigenvalue weighted by Crippen LogP contribution is -2.47. The van der Waals surface area contributed by atoms with Crippen LogP contribution >= 0.6 is 0 Å². The highest BCUT2D eigenvalue weighted by atomic mass is 16.5. The molecule has 0 spiro atoms. The number of rotatable bonds is 10. The number of amides is 3. The summed E-state index contributed by atoms with van der Waals surface area (Å²) in [6, 6.07) is 15.6. The number of benzene rings is 2. The molecule has 0 unspecified atom stereocenters. The highest BCUT2D eigenvalue weighted by molar-refractivity contribution is 5.86. The van der Waals surface area contributed by atoms with Gasteiger partial charge in [0.15, 0.2) is 0 Å². The van der Waals surface area contributed by atoms with Crippen molar-refractivity contribution >= 4 is 17.9 Å². The van der Waals surface area contributed by atoms with Gasteiger partial charge in [0.25, 0.3) is 0 Å². The maximum Gasteiger partial charge on any atom is 0.408 e. The van der Waals surface area contributed by atoms with Crippen molar-refractivity contribution in [3.63, 3.8) is 0 Å². The van der Waals surface area contributed by atoms with Crippen molar-refractivity contribution in [1.29, 1.82) is 0 Å². The Balaban J connectivity index is 1.99. The minimum atomic E-state index is -0.934. The van der Waals surface area contributed by atoms with Gasteiger partial charge in [0.2, 0.25) is 11.8 Å². The lowest BCUT2D eigenvalue weighted by atomic mass is 10.1. The molecule has 3 amide bonds. The lowest BCUT2D eigenvalue weighted by molar-refractivity contribution is -0.132. The third kappa shape index (κ3) is 7.46. The van der Waals surface area contributed by atoms with Crippen LogP contribution in [-0.4, -0.2) is 43.0 Å². The Bertz CT molecular complexity index is 857. The summed E-state index contributed by atoms with van der Waals surface area (Å²) in [5, 5.41) is 2.55. The third-order valence-corrected chi connectivity index (χ3v) is 4.41. The molecule has 3 N–H and O–H groups in total. The van der Waals surface area contributed by atoms with Crippen LogP contribution in [-0.2, 0) is 27.5 Å².